The van der Waals surface area contributed by atoms with Gasteiger partial charge in [-0.1, -0.05) is 17.7 Å². The quantitative estimate of drug-likeness (QED) is 0.830. The van der Waals surface area contributed by atoms with Gasteiger partial charge in [-0.15, -0.1) is 16.8 Å². The van der Waals surface area contributed by atoms with Crippen LogP contribution < -0.4 is 10.6 Å². The highest BCUT2D eigenvalue weighted by Gasteiger charge is 2.08. The van der Waals surface area contributed by atoms with Gasteiger partial charge in [0.25, 0.3) is 5.91 Å². The van der Waals surface area contributed by atoms with Crippen molar-refractivity contribution in [3.63, 3.8) is 0 Å². The minimum atomic E-state index is -0.324. The molecule has 0 aliphatic rings. The maximum atomic E-state index is 11.9. The molecule has 2 N–H and O–H groups in total. The van der Waals surface area contributed by atoms with Gasteiger partial charge in [-0.2, -0.15) is 0 Å². The molecule has 0 spiro atoms. The first kappa shape index (κ1) is 14.0. The highest BCUT2D eigenvalue weighted by atomic mass is 35.5. The summed E-state index contributed by atoms with van der Waals surface area (Å²) < 4.78 is 0. The fraction of sp³-hybridized carbons (Fsp3) is 0.0714. The van der Waals surface area contributed by atoms with Crippen LogP contribution in [-0.4, -0.2) is 22.6 Å². The number of halogens is 1. The molecule has 2 rings (SSSR count). The number of amides is 1. The average molecular weight is 289 g/mol. The van der Waals surface area contributed by atoms with E-state index >= 15 is 0 Å². The molecule has 1 amide bonds. The molecule has 1 aromatic carbocycles. The largest absolute Gasteiger partial charge is 0.365 e. The van der Waals surface area contributed by atoms with E-state index in [2.05, 4.69) is 27.4 Å². The Morgan fingerprint density at radius 2 is 1.95 bits per heavy atom. The minimum absolute atomic E-state index is 0.240. The summed E-state index contributed by atoms with van der Waals surface area (Å²) in [6.45, 7) is 4.18. The number of rotatable bonds is 5. The lowest BCUT2D eigenvalue weighted by Crippen LogP contribution is -2.14. The van der Waals surface area contributed by atoms with E-state index in [-0.39, 0.29) is 11.6 Å². The average Bonchev–Trinajstić information content (AvgIpc) is 2.48. The highest BCUT2D eigenvalue weighted by Crippen LogP contribution is 2.14. The van der Waals surface area contributed by atoms with Crippen molar-refractivity contribution in [3.05, 3.63) is 59.8 Å². The number of carbonyl (C=O) groups excluding carboxylic acids is 1. The second-order valence-corrected chi connectivity index (χ2v) is 4.37. The first-order valence-electron chi connectivity index (χ1n) is 5.94. The number of nitrogens with zero attached hydrogens (tertiary/aromatic N) is 2. The van der Waals surface area contributed by atoms with Crippen molar-refractivity contribution >= 4 is 29.0 Å². The summed E-state index contributed by atoms with van der Waals surface area (Å²) in [6.07, 6.45) is 1.71. The molecule has 6 heteroatoms. The summed E-state index contributed by atoms with van der Waals surface area (Å²) in [7, 11) is 0. The molecule has 0 atom stereocenters. The Morgan fingerprint density at radius 1 is 1.20 bits per heavy atom. The molecule has 2 aromatic rings. The molecule has 0 aliphatic heterocycles. The molecule has 20 heavy (non-hydrogen) atoms. The van der Waals surface area contributed by atoms with Crippen LogP contribution in [0.5, 0.6) is 0 Å². The molecular formula is C14H13ClN4O. The molecule has 0 saturated carbocycles. The van der Waals surface area contributed by atoms with Gasteiger partial charge >= 0.3 is 0 Å². The van der Waals surface area contributed by atoms with Crippen LogP contribution in [-0.2, 0) is 0 Å². The molecule has 1 aromatic heterocycles. The van der Waals surface area contributed by atoms with Gasteiger partial charge in [0.1, 0.15) is 5.82 Å². The van der Waals surface area contributed by atoms with Crippen molar-refractivity contribution in [3.8, 4) is 0 Å². The third kappa shape index (κ3) is 3.80. The van der Waals surface area contributed by atoms with Crippen LogP contribution in [0, 0.1) is 0 Å². The molecular weight excluding hydrogens is 276 g/mol. The van der Waals surface area contributed by atoms with E-state index in [1.54, 1.807) is 42.5 Å². The SMILES string of the molecule is C=CCNc1ccc(C(=O)Nc2ccc(Cl)cc2)nn1. The highest BCUT2D eigenvalue weighted by molar-refractivity contribution is 6.30. The van der Waals surface area contributed by atoms with Gasteiger partial charge in [-0.25, -0.2) is 0 Å². The predicted octanol–water partition coefficient (Wildman–Crippen LogP) is 2.98. The first-order chi connectivity index (χ1) is 9.69. The topological polar surface area (TPSA) is 66.9 Å². The number of hydrogen-bond donors (Lipinski definition) is 2. The van der Waals surface area contributed by atoms with Gasteiger partial charge in [0, 0.05) is 17.3 Å². The lowest BCUT2D eigenvalue weighted by Gasteiger charge is -2.05. The molecule has 0 aliphatic carbocycles. The molecule has 0 bridgehead atoms. The van der Waals surface area contributed by atoms with E-state index in [0.29, 0.717) is 23.1 Å². The van der Waals surface area contributed by atoms with E-state index < -0.39 is 0 Å². The number of benzene rings is 1. The van der Waals surface area contributed by atoms with Gasteiger partial charge in [-0.05, 0) is 36.4 Å². The maximum absolute atomic E-state index is 11.9. The number of nitrogens with one attached hydrogen (secondary N) is 2. The van der Waals surface area contributed by atoms with E-state index in [0.717, 1.165) is 0 Å². The fourth-order valence-electron chi connectivity index (χ4n) is 1.45. The number of carbonyl (C=O) groups is 1. The molecule has 0 saturated heterocycles. The fourth-order valence-corrected chi connectivity index (χ4v) is 1.58. The third-order valence-corrected chi connectivity index (χ3v) is 2.68. The van der Waals surface area contributed by atoms with E-state index in [1.807, 2.05) is 0 Å². The zero-order valence-corrected chi connectivity index (χ0v) is 11.4. The number of anilines is 2. The van der Waals surface area contributed by atoms with Crippen LogP contribution in [0.15, 0.2) is 49.1 Å². The lowest BCUT2D eigenvalue weighted by molar-refractivity contribution is 0.102. The van der Waals surface area contributed by atoms with Crippen molar-refractivity contribution < 1.29 is 4.79 Å². The summed E-state index contributed by atoms with van der Waals surface area (Å²) in [6, 6.07) is 10.1. The molecule has 0 unspecified atom stereocenters. The Bertz CT molecular complexity index is 596. The van der Waals surface area contributed by atoms with Crippen LogP contribution in [0.25, 0.3) is 0 Å². The van der Waals surface area contributed by atoms with Gasteiger partial charge in [0.05, 0.1) is 0 Å². The molecule has 5 nitrogen and oxygen atoms in total. The zero-order chi connectivity index (χ0) is 14.4. The van der Waals surface area contributed by atoms with Crippen molar-refractivity contribution in [2.24, 2.45) is 0 Å². The Balaban J connectivity index is 2.01. The second kappa shape index (κ2) is 6.68. The summed E-state index contributed by atoms with van der Waals surface area (Å²) in [5.41, 5.74) is 0.888. The summed E-state index contributed by atoms with van der Waals surface area (Å²) in [5.74, 6) is 0.267. The Hall–Kier alpha value is -2.40. The van der Waals surface area contributed by atoms with Crippen molar-refractivity contribution in [1.82, 2.24) is 10.2 Å². The summed E-state index contributed by atoms with van der Waals surface area (Å²) in [5, 5.41) is 14.1. The smallest absolute Gasteiger partial charge is 0.276 e. The molecule has 0 fully saturated rings. The first-order valence-corrected chi connectivity index (χ1v) is 6.32. The normalized spacial score (nSPS) is 9.85. The van der Waals surface area contributed by atoms with Gasteiger partial charge in [0.15, 0.2) is 5.69 Å². The Labute approximate surface area is 121 Å². The Kier molecular flexibility index (Phi) is 4.68. The van der Waals surface area contributed by atoms with Gasteiger partial charge in [-0.3, -0.25) is 4.79 Å². The minimum Gasteiger partial charge on any atom is -0.365 e. The monoisotopic (exact) mass is 288 g/mol. The Morgan fingerprint density at radius 3 is 2.55 bits per heavy atom. The van der Waals surface area contributed by atoms with E-state index in [9.17, 15) is 4.79 Å². The van der Waals surface area contributed by atoms with Crippen molar-refractivity contribution in [1.29, 1.82) is 0 Å². The standard InChI is InChI=1S/C14H13ClN4O/c1-2-9-16-13-8-7-12(18-19-13)14(20)17-11-5-3-10(15)4-6-11/h2-8H,1,9H2,(H,16,19)(H,17,20). The van der Waals surface area contributed by atoms with Crippen LogP contribution in [0.2, 0.25) is 5.02 Å². The predicted molar refractivity (Wildman–Crippen MR) is 80.1 cm³/mol. The van der Waals surface area contributed by atoms with Crippen molar-refractivity contribution in [2.75, 3.05) is 17.2 Å². The zero-order valence-electron chi connectivity index (χ0n) is 10.6. The van der Waals surface area contributed by atoms with Crippen LogP contribution in [0.1, 0.15) is 10.5 Å². The van der Waals surface area contributed by atoms with Gasteiger partial charge in [0.2, 0.25) is 0 Å². The van der Waals surface area contributed by atoms with Gasteiger partial charge < -0.3 is 10.6 Å². The third-order valence-electron chi connectivity index (χ3n) is 2.43. The molecule has 102 valence electrons. The maximum Gasteiger partial charge on any atom is 0.276 e. The molecule has 1 heterocycles. The van der Waals surface area contributed by atoms with E-state index in [4.69, 9.17) is 11.6 Å². The summed E-state index contributed by atoms with van der Waals surface area (Å²) in [4.78, 5) is 11.9. The van der Waals surface area contributed by atoms with Crippen LogP contribution >= 0.6 is 11.6 Å². The van der Waals surface area contributed by atoms with Crippen molar-refractivity contribution in [2.45, 2.75) is 0 Å². The van der Waals surface area contributed by atoms with E-state index in [1.165, 1.54) is 0 Å². The number of aromatic nitrogens is 2. The second-order valence-electron chi connectivity index (χ2n) is 3.93. The summed E-state index contributed by atoms with van der Waals surface area (Å²) >= 11 is 5.78. The van der Waals surface area contributed by atoms with Crippen LogP contribution in [0.4, 0.5) is 11.5 Å². The van der Waals surface area contributed by atoms with Crippen LogP contribution in [0.3, 0.4) is 0 Å². The number of hydrogen-bond acceptors (Lipinski definition) is 4. The molecule has 0 radical (unpaired) electrons. The lowest BCUT2D eigenvalue weighted by atomic mass is 10.3.